The minimum absolute atomic E-state index is 0.139. The third-order valence-corrected chi connectivity index (χ3v) is 5.31. The van der Waals surface area contributed by atoms with Crippen molar-refractivity contribution < 1.29 is 13.2 Å². The fourth-order valence-corrected chi connectivity index (χ4v) is 3.63. The van der Waals surface area contributed by atoms with Crippen LogP contribution in [0.4, 0.5) is 11.4 Å². The van der Waals surface area contributed by atoms with E-state index in [1.165, 1.54) is 10.6 Å². The molecule has 0 aromatic heterocycles. The Bertz CT molecular complexity index is 836. The van der Waals surface area contributed by atoms with Crippen molar-refractivity contribution in [2.24, 2.45) is 0 Å². The van der Waals surface area contributed by atoms with Gasteiger partial charge in [-0.25, -0.2) is 8.42 Å². The van der Waals surface area contributed by atoms with Gasteiger partial charge >= 0.3 is 0 Å². The predicted molar refractivity (Wildman–Crippen MR) is 105 cm³/mol. The summed E-state index contributed by atoms with van der Waals surface area (Å²) in [5, 5.41) is 2.80. The second-order valence-electron chi connectivity index (χ2n) is 5.83. The number of nitrogens with one attached hydrogen (secondary N) is 1. The van der Waals surface area contributed by atoms with Gasteiger partial charge in [-0.15, -0.1) is 0 Å². The molecule has 134 valence electrons. The summed E-state index contributed by atoms with van der Waals surface area (Å²) < 4.78 is 26.4. The lowest BCUT2D eigenvalue weighted by atomic mass is 10.2. The molecule has 7 heteroatoms. The van der Waals surface area contributed by atoms with Crippen LogP contribution in [0.5, 0.6) is 0 Å². The zero-order valence-corrected chi connectivity index (χ0v) is 16.6. The number of sulfonamides is 1. The first-order valence-electron chi connectivity index (χ1n) is 7.85. The first-order valence-corrected chi connectivity index (χ1v) is 10.5. The molecule has 0 aliphatic rings. The molecule has 0 heterocycles. The van der Waals surface area contributed by atoms with E-state index < -0.39 is 10.0 Å². The maximum Gasteiger partial charge on any atom is 0.232 e. The Morgan fingerprint density at radius 3 is 2.44 bits per heavy atom. The molecular weight excluding hydrogens is 404 g/mol. The van der Waals surface area contributed by atoms with Crippen molar-refractivity contribution in [3.63, 3.8) is 0 Å². The van der Waals surface area contributed by atoms with E-state index in [9.17, 15) is 13.2 Å². The molecule has 2 rings (SSSR count). The highest BCUT2D eigenvalue weighted by Gasteiger charge is 2.17. The Morgan fingerprint density at radius 1 is 1.16 bits per heavy atom. The number of hydrogen-bond acceptors (Lipinski definition) is 3. The van der Waals surface area contributed by atoms with Gasteiger partial charge in [0.05, 0.1) is 11.9 Å². The van der Waals surface area contributed by atoms with Crippen molar-refractivity contribution in [2.45, 2.75) is 19.8 Å². The number of amides is 1. The van der Waals surface area contributed by atoms with Gasteiger partial charge in [-0.2, -0.15) is 0 Å². The molecule has 2 aromatic rings. The summed E-state index contributed by atoms with van der Waals surface area (Å²) in [7, 11) is -3.40. The standard InChI is InChI=1S/C18H21BrN2O3S/c1-14-5-3-6-17(13-14)21(25(2,23)24)12-4-7-18(22)20-16-10-8-15(19)9-11-16/h3,5-6,8-11,13H,4,7,12H2,1-2H3,(H,20,22). The van der Waals surface area contributed by atoms with Gasteiger partial charge in [-0.1, -0.05) is 28.1 Å². The van der Waals surface area contributed by atoms with Crippen molar-refractivity contribution >= 4 is 43.2 Å². The molecule has 0 saturated carbocycles. The molecule has 0 radical (unpaired) electrons. The number of carbonyl (C=O) groups is 1. The zero-order valence-electron chi connectivity index (χ0n) is 14.2. The normalized spacial score (nSPS) is 11.2. The molecule has 1 amide bonds. The summed E-state index contributed by atoms with van der Waals surface area (Å²) in [6.45, 7) is 2.17. The van der Waals surface area contributed by atoms with Crippen molar-refractivity contribution in [3.8, 4) is 0 Å². The molecule has 0 bridgehead atoms. The molecule has 0 aliphatic carbocycles. The first kappa shape index (κ1) is 19.5. The number of halogens is 1. The van der Waals surface area contributed by atoms with Crippen molar-refractivity contribution in [3.05, 3.63) is 58.6 Å². The molecular formula is C18H21BrN2O3S. The topological polar surface area (TPSA) is 66.5 Å². The number of nitrogens with zero attached hydrogens (tertiary/aromatic N) is 1. The Kier molecular flexibility index (Phi) is 6.61. The van der Waals surface area contributed by atoms with Crippen LogP contribution < -0.4 is 9.62 Å². The van der Waals surface area contributed by atoms with Crippen LogP contribution in [0.25, 0.3) is 0 Å². The monoisotopic (exact) mass is 424 g/mol. The summed E-state index contributed by atoms with van der Waals surface area (Å²) in [6.07, 6.45) is 1.86. The van der Waals surface area contributed by atoms with E-state index in [1.54, 1.807) is 18.2 Å². The van der Waals surface area contributed by atoms with E-state index in [4.69, 9.17) is 0 Å². The summed E-state index contributed by atoms with van der Waals surface area (Å²) in [4.78, 5) is 12.0. The van der Waals surface area contributed by atoms with E-state index in [0.717, 1.165) is 10.0 Å². The van der Waals surface area contributed by atoms with Gasteiger partial charge in [0, 0.05) is 23.1 Å². The number of carbonyl (C=O) groups excluding carboxylic acids is 1. The average Bonchev–Trinajstić information content (AvgIpc) is 2.52. The number of anilines is 2. The largest absolute Gasteiger partial charge is 0.326 e. The highest BCUT2D eigenvalue weighted by molar-refractivity contribution is 9.10. The number of rotatable bonds is 7. The van der Waals surface area contributed by atoms with Crippen LogP contribution in [0.3, 0.4) is 0 Å². The third kappa shape index (κ3) is 6.17. The lowest BCUT2D eigenvalue weighted by Gasteiger charge is -2.22. The summed E-state index contributed by atoms with van der Waals surface area (Å²) >= 11 is 3.34. The van der Waals surface area contributed by atoms with Crippen LogP contribution in [0, 0.1) is 6.92 Å². The van der Waals surface area contributed by atoms with Gasteiger partial charge in [-0.3, -0.25) is 9.10 Å². The van der Waals surface area contributed by atoms with Crippen LogP contribution in [-0.2, 0) is 14.8 Å². The van der Waals surface area contributed by atoms with Crippen LogP contribution in [0.1, 0.15) is 18.4 Å². The molecule has 5 nitrogen and oxygen atoms in total. The van der Waals surface area contributed by atoms with Crippen molar-refractivity contribution in [1.82, 2.24) is 0 Å². The summed E-state index contributed by atoms with van der Waals surface area (Å²) in [5.41, 5.74) is 2.32. The minimum atomic E-state index is -3.40. The maximum absolute atomic E-state index is 12.1. The quantitative estimate of drug-likeness (QED) is 0.731. The van der Waals surface area contributed by atoms with Crippen molar-refractivity contribution in [2.75, 3.05) is 22.4 Å². The predicted octanol–water partition coefficient (Wildman–Crippen LogP) is 3.94. The van der Waals surface area contributed by atoms with E-state index in [-0.39, 0.29) is 18.9 Å². The van der Waals surface area contributed by atoms with E-state index >= 15 is 0 Å². The lowest BCUT2D eigenvalue weighted by Crippen LogP contribution is -2.31. The Balaban J connectivity index is 1.95. The van der Waals surface area contributed by atoms with E-state index in [1.807, 2.05) is 37.3 Å². The second-order valence-corrected chi connectivity index (χ2v) is 8.66. The SMILES string of the molecule is Cc1cccc(N(CCCC(=O)Nc2ccc(Br)cc2)S(C)(=O)=O)c1. The number of aryl methyl sites for hydroxylation is 1. The van der Waals surface area contributed by atoms with Gasteiger partial charge in [0.2, 0.25) is 15.9 Å². The van der Waals surface area contributed by atoms with Crippen molar-refractivity contribution in [1.29, 1.82) is 0 Å². The van der Waals surface area contributed by atoms with Gasteiger partial charge in [0.15, 0.2) is 0 Å². The van der Waals surface area contributed by atoms with Gasteiger partial charge in [0.25, 0.3) is 0 Å². The van der Waals surface area contributed by atoms with E-state index in [2.05, 4.69) is 21.2 Å². The molecule has 1 N–H and O–H groups in total. The number of benzene rings is 2. The zero-order chi connectivity index (χ0) is 18.4. The molecule has 0 saturated heterocycles. The molecule has 0 spiro atoms. The second kappa shape index (κ2) is 8.49. The Hall–Kier alpha value is -1.86. The fraction of sp³-hybridized carbons (Fsp3) is 0.278. The third-order valence-electron chi connectivity index (χ3n) is 3.58. The molecule has 25 heavy (non-hydrogen) atoms. The smallest absolute Gasteiger partial charge is 0.232 e. The van der Waals surface area contributed by atoms with Gasteiger partial charge in [0.1, 0.15) is 0 Å². The summed E-state index contributed by atoms with van der Waals surface area (Å²) in [6, 6.07) is 14.6. The molecule has 0 aliphatic heterocycles. The molecule has 0 unspecified atom stereocenters. The molecule has 2 aromatic carbocycles. The molecule has 0 atom stereocenters. The Morgan fingerprint density at radius 2 is 1.84 bits per heavy atom. The van der Waals surface area contributed by atoms with E-state index in [0.29, 0.717) is 17.8 Å². The van der Waals surface area contributed by atoms with Gasteiger partial charge < -0.3 is 5.32 Å². The summed E-state index contributed by atoms with van der Waals surface area (Å²) in [5.74, 6) is -0.139. The highest BCUT2D eigenvalue weighted by Crippen LogP contribution is 2.20. The number of hydrogen-bond donors (Lipinski definition) is 1. The van der Waals surface area contributed by atoms with Gasteiger partial charge in [-0.05, 0) is 55.3 Å². The van der Waals surface area contributed by atoms with Crippen LogP contribution >= 0.6 is 15.9 Å². The first-order chi connectivity index (χ1) is 11.8. The van der Waals surface area contributed by atoms with Crippen LogP contribution in [0.2, 0.25) is 0 Å². The molecule has 0 fully saturated rings. The Labute approximate surface area is 157 Å². The van der Waals surface area contributed by atoms with Crippen LogP contribution in [-0.4, -0.2) is 27.1 Å². The van der Waals surface area contributed by atoms with Crippen LogP contribution in [0.15, 0.2) is 53.0 Å². The lowest BCUT2D eigenvalue weighted by molar-refractivity contribution is -0.116. The highest BCUT2D eigenvalue weighted by atomic mass is 79.9. The fourth-order valence-electron chi connectivity index (χ4n) is 2.41. The minimum Gasteiger partial charge on any atom is -0.326 e. The average molecular weight is 425 g/mol. The maximum atomic E-state index is 12.1.